The lowest BCUT2D eigenvalue weighted by Crippen LogP contribution is -2.37. The Labute approximate surface area is 127 Å². The average molecular weight is 308 g/mol. The van der Waals surface area contributed by atoms with Crippen molar-refractivity contribution in [3.63, 3.8) is 0 Å². The molecule has 1 aliphatic heterocycles. The van der Waals surface area contributed by atoms with Gasteiger partial charge in [-0.3, -0.25) is 0 Å². The van der Waals surface area contributed by atoms with Crippen molar-refractivity contribution < 1.29 is 8.42 Å². The van der Waals surface area contributed by atoms with Gasteiger partial charge in [0.25, 0.3) is 0 Å². The number of hydrogen-bond acceptors (Lipinski definition) is 4. The highest BCUT2D eigenvalue weighted by Crippen LogP contribution is 2.33. The van der Waals surface area contributed by atoms with Crippen LogP contribution in [0.3, 0.4) is 0 Å². The summed E-state index contributed by atoms with van der Waals surface area (Å²) in [5.41, 5.74) is 1.17. The minimum absolute atomic E-state index is 0.406. The third-order valence-electron chi connectivity index (χ3n) is 4.50. The average Bonchev–Trinajstić information content (AvgIpc) is 3.30. The third-order valence-corrected chi connectivity index (χ3v) is 5.63. The van der Waals surface area contributed by atoms with Gasteiger partial charge < -0.3 is 10.2 Å². The Hall–Kier alpha value is -1.07. The van der Waals surface area contributed by atoms with Crippen molar-refractivity contribution in [2.45, 2.75) is 36.6 Å². The first-order valence-electron chi connectivity index (χ1n) is 7.81. The lowest BCUT2D eigenvalue weighted by molar-refractivity contribution is 0.372. The van der Waals surface area contributed by atoms with Gasteiger partial charge in [-0.15, -0.1) is 0 Å². The fourth-order valence-electron chi connectivity index (χ4n) is 3.08. The molecule has 1 N–H and O–H groups in total. The summed E-state index contributed by atoms with van der Waals surface area (Å²) in [6, 6.07) is 8.07. The first-order chi connectivity index (χ1) is 10.0. The third kappa shape index (κ3) is 3.77. The van der Waals surface area contributed by atoms with Crippen LogP contribution < -0.4 is 10.2 Å². The van der Waals surface area contributed by atoms with Gasteiger partial charge in [0.15, 0.2) is 9.84 Å². The molecule has 0 amide bonds. The number of benzene rings is 1. The first-order valence-corrected chi connectivity index (χ1v) is 9.70. The minimum atomic E-state index is -3.10. The van der Waals surface area contributed by atoms with E-state index in [9.17, 15) is 8.42 Å². The molecule has 0 aromatic heterocycles. The van der Waals surface area contributed by atoms with E-state index in [1.807, 2.05) is 12.1 Å². The van der Waals surface area contributed by atoms with Crippen LogP contribution in [0.25, 0.3) is 0 Å². The fourth-order valence-corrected chi connectivity index (χ4v) is 3.71. The monoisotopic (exact) mass is 308 g/mol. The summed E-state index contributed by atoms with van der Waals surface area (Å²) in [4.78, 5) is 2.89. The lowest BCUT2D eigenvalue weighted by Gasteiger charge is -2.32. The van der Waals surface area contributed by atoms with Gasteiger partial charge in [-0.05, 0) is 69.0 Å². The van der Waals surface area contributed by atoms with E-state index in [1.54, 1.807) is 12.1 Å². The molecule has 3 rings (SSSR count). The van der Waals surface area contributed by atoms with Gasteiger partial charge in [0, 0.05) is 24.5 Å². The smallest absolute Gasteiger partial charge is 0.175 e. The molecule has 1 aliphatic carbocycles. The molecule has 1 heterocycles. The number of nitrogens with zero attached hydrogens (tertiary/aromatic N) is 1. The number of anilines is 1. The summed E-state index contributed by atoms with van der Waals surface area (Å²) in [7, 11) is -3.10. The molecule has 2 fully saturated rings. The predicted molar refractivity (Wildman–Crippen MR) is 85.5 cm³/mol. The van der Waals surface area contributed by atoms with Crippen molar-refractivity contribution >= 4 is 15.5 Å². The maximum Gasteiger partial charge on any atom is 0.175 e. The van der Waals surface area contributed by atoms with E-state index < -0.39 is 9.84 Å². The Balaban J connectivity index is 1.74. The zero-order valence-electron chi connectivity index (χ0n) is 12.6. The van der Waals surface area contributed by atoms with Crippen LogP contribution in [0.15, 0.2) is 29.2 Å². The van der Waals surface area contributed by atoms with Crippen LogP contribution in [0.2, 0.25) is 0 Å². The van der Waals surface area contributed by atoms with Crippen LogP contribution in [-0.4, -0.2) is 40.3 Å². The van der Waals surface area contributed by atoms with Crippen molar-refractivity contribution in [2.75, 3.05) is 30.8 Å². The number of rotatable bonds is 5. The molecule has 0 unspecified atom stereocenters. The van der Waals surface area contributed by atoms with Gasteiger partial charge in [0.05, 0.1) is 4.90 Å². The van der Waals surface area contributed by atoms with Crippen LogP contribution in [0, 0.1) is 5.92 Å². The van der Waals surface area contributed by atoms with Crippen LogP contribution in [-0.2, 0) is 9.84 Å². The quantitative estimate of drug-likeness (QED) is 0.904. The van der Waals surface area contributed by atoms with E-state index >= 15 is 0 Å². The van der Waals surface area contributed by atoms with Gasteiger partial charge in [0.2, 0.25) is 0 Å². The molecule has 0 radical (unpaired) electrons. The van der Waals surface area contributed by atoms with E-state index in [0.717, 1.165) is 25.6 Å². The van der Waals surface area contributed by atoms with E-state index in [0.29, 0.717) is 10.9 Å². The maximum absolute atomic E-state index is 11.6. The van der Waals surface area contributed by atoms with E-state index in [-0.39, 0.29) is 0 Å². The second-order valence-corrected chi connectivity index (χ2v) is 8.36. The fraction of sp³-hybridized carbons (Fsp3) is 0.625. The molecule has 21 heavy (non-hydrogen) atoms. The highest BCUT2D eigenvalue weighted by molar-refractivity contribution is 7.90. The van der Waals surface area contributed by atoms with Gasteiger partial charge in [0.1, 0.15) is 0 Å². The van der Waals surface area contributed by atoms with Gasteiger partial charge in [-0.25, -0.2) is 8.42 Å². The normalized spacial score (nSPS) is 20.4. The molecule has 116 valence electrons. The van der Waals surface area contributed by atoms with E-state index in [1.165, 1.54) is 37.6 Å². The largest absolute Gasteiger partial charge is 0.368 e. The maximum atomic E-state index is 11.6. The molecule has 0 bridgehead atoms. The van der Waals surface area contributed by atoms with E-state index in [4.69, 9.17) is 0 Å². The molecule has 2 aliphatic rings. The van der Waals surface area contributed by atoms with Gasteiger partial charge >= 0.3 is 0 Å². The van der Waals surface area contributed by atoms with Crippen molar-refractivity contribution in [3.8, 4) is 0 Å². The van der Waals surface area contributed by atoms with Gasteiger partial charge in [-0.2, -0.15) is 0 Å². The number of piperidine rings is 1. The SMILES string of the molecule is CS(=O)(=O)c1ccc(N(CC2CCNCC2)C2CC2)cc1. The highest BCUT2D eigenvalue weighted by atomic mass is 32.2. The Morgan fingerprint density at radius 3 is 2.24 bits per heavy atom. The summed E-state index contributed by atoms with van der Waals surface area (Å²) >= 11 is 0. The summed E-state index contributed by atoms with van der Waals surface area (Å²) in [5.74, 6) is 0.751. The Kier molecular flexibility index (Phi) is 4.22. The Morgan fingerprint density at radius 2 is 1.71 bits per heavy atom. The highest BCUT2D eigenvalue weighted by Gasteiger charge is 2.31. The van der Waals surface area contributed by atoms with Crippen LogP contribution >= 0.6 is 0 Å². The molecule has 0 spiro atoms. The summed E-state index contributed by atoms with van der Waals surface area (Å²) < 4.78 is 23.1. The molecule has 5 heteroatoms. The lowest BCUT2D eigenvalue weighted by atomic mass is 9.97. The van der Waals surface area contributed by atoms with Crippen LogP contribution in [0.5, 0.6) is 0 Å². The van der Waals surface area contributed by atoms with Crippen LogP contribution in [0.1, 0.15) is 25.7 Å². The zero-order chi connectivity index (χ0) is 14.9. The summed E-state index contributed by atoms with van der Waals surface area (Å²) in [5, 5.41) is 3.41. The van der Waals surface area contributed by atoms with Gasteiger partial charge in [-0.1, -0.05) is 0 Å². The molecule has 0 atom stereocenters. The molecule has 1 saturated carbocycles. The zero-order valence-corrected chi connectivity index (χ0v) is 13.4. The number of sulfone groups is 1. The van der Waals surface area contributed by atoms with Crippen molar-refractivity contribution in [1.82, 2.24) is 5.32 Å². The number of hydrogen-bond donors (Lipinski definition) is 1. The second-order valence-electron chi connectivity index (χ2n) is 6.34. The number of nitrogens with one attached hydrogen (secondary N) is 1. The van der Waals surface area contributed by atoms with Crippen LogP contribution in [0.4, 0.5) is 5.69 Å². The predicted octanol–water partition coefficient (Wildman–Crippen LogP) is 2.06. The topological polar surface area (TPSA) is 49.4 Å². The second kappa shape index (κ2) is 5.97. The Morgan fingerprint density at radius 1 is 1.10 bits per heavy atom. The Bertz CT molecular complexity index is 573. The molecular formula is C16H24N2O2S. The molecule has 1 aromatic rings. The standard InChI is InChI=1S/C16H24N2O2S/c1-21(19,20)16-6-4-15(5-7-16)18(14-2-3-14)12-13-8-10-17-11-9-13/h4-7,13-14,17H,2-3,8-12H2,1H3. The molecule has 1 aromatic carbocycles. The molecule has 4 nitrogen and oxygen atoms in total. The first kappa shape index (κ1) is 14.9. The molecular weight excluding hydrogens is 284 g/mol. The van der Waals surface area contributed by atoms with Crippen molar-refractivity contribution in [3.05, 3.63) is 24.3 Å². The van der Waals surface area contributed by atoms with Crippen molar-refractivity contribution in [2.24, 2.45) is 5.92 Å². The summed E-state index contributed by atoms with van der Waals surface area (Å²) in [6.07, 6.45) is 6.27. The van der Waals surface area contributed by atoms with E-state index in [2.05, 4.69) is 10.2 Å². The van der Waals surface area contributed by atoms with Crippen molar-refractivity contribution in [1.29, 1.82) is 0 Å². The molecule has 1 saturated heterocycles. The summed E-state index contributed by atoms with van der Waals surface area (Å²) in [6.45, 7) is 3.34. The minimum Gasteiger partial charge on any atom is -0.368 e.